The summed E-state index contributed by atoms with van der Waals surface area (Å²) >= 11 is 1.92. The summed E-state index contributed by atoms with van der Waals surface area (Å²) in [7, 11) is -1.80. The minimum Gasteiger partial charge on any atom is -0.414 e. The fourth-order valence-corrected chi connectivity index (χ4v) is 3.68. The molecule has 0 bridgehead atoms. The number of rotatable bonds is 4. The van der Waals surface area contributed by atoms with Crippen molar-refractivity contribution in [2.45, 2.75) is 64.1 Å². The zero-order valence-corrected chi connectivity index (χ0v) is 17.5. The average Bonchev–Trinajstić information content (AvgIpc) is 2.88. The lowest BCUT2D eigenvalue weighted by Crippen LogP contribution is -2.42. The van der Waals surface area contributed by atoms with Crippen LogP contribution in [0.4, 0.5) is 0 Å². The standard InChI is InChI=1S/C15H25IN2O4Si/c1-15(2,3)23(4,5)21-9-10-6-7-12(22-10)18-8-11(16)13(19)17-14(18)20/h8,10,12H,6-7,9H2,1-5H3,(H,17,19,20)/t10-,12+/m0/s1. The number of H-pyrrole nitrogens is 1. The molecule has 0 aliphatic carbocycles. The highest BCUT2D eigenvalue weighted by atomic mass is 127. The summed E-state index contributed by atoms with van der Waals surface area (Å²) in [4.78, 5) is 25.7. The molecular weight excluding hydrogens is 427 g/mol. The maximum atomic E-state index is 11.9. The number of hydrogen-bond donors (Lipinski definition) is 1. The van der Waals surface area contributed by atoms with Crippen LogP contribution < -0.4 is 11.2 Å². The summed E-state index contributed by atoms with van der Waals surface area (Å²) in [6.07, 6.45) is 2.81. The summed E-state index contributed by atoms with van der Waals surface area (Å²) in [6.45, 7) is 11.6. The van der Waals surface area contributed by atoms with Gasteiger partial charge in [0.2, 0.25) is 0 Å². The third-order valence-corrected chi connectivity index (χ3v) is 10.0. The van der Waals surface area contributed by atoms with Crippen molar-refractivity contribution in [3.05, 3.63) is 30.6 Å². The van der Waals surface area contributed by atoms with Crippen molar-refractivity contribution < 1.29 is 9.16 Å². The molecule has 1 aromatic rings. The second kappa shape index (κ2) is 6.81. The van der Waals surface area contributed by atoms with Crippen molar-refractivity contribution in [2.24, 2.45) is 0 Å². The lowest BCUT2D eigenvalue weighted by molar-refractivity contribution is -0.0223. The first-order valence-corrected chi connectivity index (χ1v) is 11.8. The Bertz CT molecular complexity index is 677. The van der Waals surface area contributed by atoms with Crippen LogP contribution in [-0.2, 0) is 9.16 Å². The Kier molecular flexibility index (Phi) is 5.59. The molecule has 1 aliphatic rings. The quantitative estimate of drug-likeness (QED) is 0.564. The number of nitrogens with zero attached hydrogens (tertiary/aromatic N) is 1. The minimum atomic E-state index is -1.80. The van der Waals surface area contributed by atoms with Gasteiger partial charge in [0.1, 0.15) is 6.23 Å². The van der Waals surface area contributed by atoms with Gasteiger partial charge >= 0.3 is 5.69 Å². The smallest absolute Gasteiger partial charge is 0.330 e. The molecule has 2 rings (SSSR count). The number of halogens is 1. The van der Waals surface area contributed by atoms with E-state index in [0.717, 1.165) is 12.8 Å². The molecule has 0 spiro atoms. The van der Waals surface area contributed by atoms with E-state index in [4.69, 9.17) is 9.16 Å². The SMILES string of the molecule is CC(C)(C)[Si](C)(C)OC[C@@H]1CC[C@H](n2cc(I)c(=O)[nH]c2=O)O1. The van der Waals surface area contributed by atoms with Gasteiger partial charge in [0.15, 0.2) is 8.32 Å². The van der Waals surface area contributed by atoms with Gasteiger partial charge < -0.3 is 9.16 Å². The number of nitrogens with one attached hydrogen (secondary N) is 1. The van der Waals surface area contributed by atoms with E-state index in [-0.39, 0.29) is 22.9 Å². The van der Waals surface area contributed by atoms with E-state index in [0.29, 0.717) is 10.2 Å². The van der Waals surface area contributed by atoms with Crippen molar-refractivity contribution in [1.82, 2.24) is 9.55 Å². The normalized spacial score (nSPS) is 22.5. The van der Waals surface area contributed by atoms with Gasteiger partial charge in [-0.1, -0.05) is 20.8 Å². The molecule has 6 nitrogen and oxygen atoms in total. The Labute approximate surface area is 150 Å². The van der Waals surface area contributed by atoms with Gasteiger partial charge in [0, 0.05) is 6.20 Å². The van der Waals surface area contributed by atoms with Crippen molar-refractivity contribution in [1.29, 1.82) is 0 Å². The molecule has 0 amide bonds. The van der Waals surface area contributed by atoms with Crippen molar-refractivity contribution in [3.63, 3.8) is 0 Å². The highest BCUT2D eigenvalue weighted by Gasteiger charge is 2.38. The van der Waals surface area contributed by atoms with Gasteiger partial charge in [-0.15, -0.1) is 0 Å². The van der Waals surface area contributed by atoms with E-state index in [1.54, 1.807) is 6.20 Å². The maximum Gasteiger partial charge on any atom is 0.330 e. The molecule has 130 valence electrons. The lowest BCUT2D eigenvalue weighted by Gasteiger charge is -2.36. The second-order valence-corrected chi connectivity index (χ2v) is 13.5. The third kappa shape index (κ3) is 4.34. The zero-order chi connectivity index (χ0) is 17.4. The van der Waals surface area contributed by atoms with Gasteiger partial charge in [-0.05, 0) is 53.6 Å². The second-order valence-electron chi connectivity index (χ2n) is 7.50. The molecule has 1 aromatic heterocycles. The summed E-state index contributed by atoms with van der Waals surface area (Å²) in [6, 6.07) is 0. The van der Waals surface area contributed by atoms with Crippen LogP contribution in [0.5, 0.6) is 0 Å². The molecule has 8 heteroatoms. The van der Waals surface area contributed by atoms with E-state index in [9.17, 15) is 9.59 Å². The monoisotopic (exact) mass is 452 g/mol. The first-order valence-electron chi connectivity index (χ1n) is 7.81. The fourth-order valence-electron chi connectivity index (χ4n) is 2.21. The summed E-state index contributed by atoms with van der Waals surface area (Å²) in [5.41, 5.74) is -0.783. The average molecular weight is 452 g/mol. The Balaban J connectivity index is 2.01. The molecule has 0 unspecified atom stereocenters. The van der Waals surface area contributed by atoms with E-state index >= 15 is 0 Å². The number of hydrogen-bond acceptors (Lipinski definition) is 4. The Morgan fingerprint density at radius 2 is 2.04 bits per heavy atom. The zero-order valence-electron chi connectivity index (χ0n) is 14.3. The van der Waals surface area contributed by atoms with Crippen molar-refractivity contribution in [3.8, 4) is 0 Å². The van der Waals surface area contributed by atoms with E-state index in [1.807, 2.05) is 22.6 Å². The van der Waals surface area contributed by atoms with Gasteiger partial charge in [-0.2, -0.15) is 0 Å². The fraction of sp³-hybridized carbons (Fsp3) is 0.733. The van der Waals surface area contributed by atoms with Crippen LogP contribution in [0.1, 0.15) is 39.8 Å². The van der Waals surface area contributed by atoms with E-state index in [2.05, 4.69) is 38.8 Å². The molecule has 1 saturated heterocycles. The van der Waals surface area contributed by atoms with Crippen molar-refractivity contribution in [2.75, 3.05) is 6.61 Å². The maximum absolute atomic E-state index is 11.9. The van der Waals surface area contributed by atoms with Crippen LogP contribution in [0.3, 0.4) is 0 Å². The summed E-state index contributed by atoms with van der Waals surface area (Å²) in [5.74, 6) is 0. The van der Waals surface area contributed by atoms with Crippen LogP contribution in [0.2, 0.25) is 18.1 Å². The molecule has 0 aromatic carbocycles. The van der Waals surface area contributed by atoms with Crippen LogP contribution in [0.15, 0.2) is 15.8 Å². The predicted octanol–water partition coefficient (Wildman–Crippen LogP) is 2.84. The van der Waals surface area contributed by atoms with E-state index < -0.39 is 14.0 Å². The molecule has 2 heterocycles. The molecule has 23 heavy (non-hydrogen) atoms. The number of aromatic amines is 1. The number of ether oxygens (including phenoxy) is 1. The molecule has 1 fully saturated rings. The molecular formula is C15H25IN2O4Si. The van der Waals surface area contributed by atoms with Crippen LogP contribution in [0.25, 0.3) is 0 Å². The lowest BCUT2D eigenvalue weighted by atomic mass is 10.2. The van der Waals surface area contributed by atoms with Crippen LogP contribution in [0, 0.1) is 3.57 Å². The van der Waals surface area contributed by atoms with Crippen molar-refractivity contribution >= 4 is 30.9 Å². The highest BCUT2D eigenvalue weighted by molar-refractivity contribution is 14.1. The first-order chi connectivity index (χ1) is 10.5. The Hall–Kier alpha value is -0.453. The molecule has 0 saturated carbocycles. The van der Waals surface area contributed by atoms with E-state index in [1.165, 1.54) is 4.57 Å². The molecule has 0 radical (unpaired) electrons. The highest BCUT2D eigenvalue weighted by Crippen LogP contribution is 2.37. The molecule has 2 atom stereocenters. The first kappa shape index (κ1) is 18.9. The summed E-state index contributed by atoms with van der Waals surface area (Å²) in [5, 5.41) is 0.164. The van der Waals surface area contributed by atoms with Gasteiger partial charge in [-0.25, -0.2) is 4.79 Å². The van der Waals surface area contributed by atoms with Gasteiger partial charge in [-0.3, -0.25) is 14.3 Å². The van der Waals surface area contributed by atoms with Gasteiger partial charge in [0.05, 0.1) is 16.3 Å². The Morgan fingerprint density at radius 3 is 2.65 bits per heavy atom. The molecule has 1 aliphatic heterocycles. The van der Waals surface area contributed by atoms with Crippen LogP contribution in [-0.4, -0.2) is 30.6 Å². The number of aromatic nitrogens is 2. The third-order valence-electron chi connectivity index (χ3n) is 4.76. The molecule has 1 N–H and O–H groups in total. The van der Waals surface area contributed by atoms with Gasteiger partial charge in [0.25, 0.3) is 5.56 Å². The largest absolute Gasteiger partial charge is 0.414 e. The van der Waals surface area contributed by atoms with Crippen LogP contribution >= 0.6 is 22.6 Å². The Morgan fingerprint density at radius 1 is 1.39 bits per heavy atom. The topological polar surface area (TPSA) is 73.3 Å². The minimum absolute atomic E-state index is 0.00869. The predicted molar refractivity (Wildman–Crippen MR) is 100 cm³/mol. The summed E-state index contributed by atoms with van der Waals surface area (Å²) < 4.78 is 14.1.